The Morgan fingerprint density at radius 3 is 2.85 bits per heavy atom. The van der Waals surface area contributed by atoms with Crippen LogP contribution in [-0.4, -0.2) is 23.6 Å². The van der Waals surface area contributed by atoms with Gasteiger partial charge in [-0.1, -0.05) is 35.9 Å². The van der Waals surface area contributed by atoms with Crippen LogP contribution in [0.4, 0.5) is 5.69 Å². The number of halogens is 1. The zero-order valence-corrected chi connectivity index (χ0v) is 14.8. The highest BCUT2D eigenvalue weighted by atomic mass is 35.5. The molecule has 2 N–H and O–H groups in total. The van der Waals surface area contributed by atoms with Crippen molar-refractivity contribution in [3.05, 3.63) is 58.6 Å². The molecule has 2 aliphatic rings. The SMILES string of the molecule is O=C(O)COc1ccc(NC(=O)C2CC23CCc2ccccc23)cc1Cl. The molecule has 0 heterocycles. The van der Waals surface area contributed by atoms with Crippen molar-refractivity contribution in [3.63, 3.8) is 0 Å². The fraction of sp³-hybridized carbons (Fsp3) is 0.300. The summed E-state index contributed by atoms with van der Waals surface area (Å²) in [4.78, 5) is 23.3. The molecule has 1 amide bonds. The highest BCUT2D eigenvalue weighted by Gasteiger charge is 2.61. The largest absolute Gasteiger partial charge is 0.480 e. The molecule has 134 valence electrons. The first-order valence-electron chi connectivity index (χ1n) is 8.53. The van der Waals surface area contributed by atoms with Crippen LogP contribution in [0, 0.1) is 5.92 Å². The second-order valence-electron chi connectivity index (χ2n) is 6.89. The minimum Gasteiger partial charge on any atom is -0.480 e. The summed E-state index contributed by atoms with van der Waals surface area (Å²) in [5, 5.41) is 11.8. The van der Waals surface area contributed by atoms with Gasteiger partial charge in [-0.05, 0) is 48.6 Å². The predicted molar refractivity (Wildman–Crippen MR) is 97.8 cm³/mol. The quantitative estimate of drug-likeness (QED) is 0.841. The maximum absolute atomic E-state index is 12.7. The van der Waals surface area contributed by atoms with E-state index in [0.29, 0.717) is 5.69 Å². The minimum absolute atomic E-state index is 0.00280. The van der Waals surface area contributed by atoms with Crippen LogP contribution in [-0.2, 0) is 21.4 Å². The Labute approximate surface area is 155 Å². The molecule has 1 spiro atoms. The summed E-state index contributed by atoms with van der Waals surface area (Å²) < 4.78 is 5.09. The molecule has 0 saturated heterocycles. The van der Waals surface area contributed by atoms with Gasteiger partial charge in [0.25, 0.3) is 0 Å². The lowest BCUT2D eigenvalue weighted by Gasteiger charge is -2.12. The molecule has 2 unspecified atom stereocenters. The van der Waals surface area contributed by atoms with Crippen molar-refractivity contribution >= 4 is 29.2 Å². The summed E-state index contributed by atoms with van der Waals surface area (Å²) in [5.41, 5.74) is 3.24. The van der Waals surface area contributed by atoms with E-state index in [1.54, 1.807) is 18.2 Å². The number of rotatable bonds is 5. The van der Waals surface area contributed by atoms with Crippen molar-refractivity contribution in [1.29, 1.82) is 0 Å². The summed E-state index contributed by atoms with van der Waals surface area (Å²) >= 11 is 6.11. The fourth-order valence-electron chi connectivity index (χ4n) is 4.00. The second-order valence-corrected chi connectivity index (χ2v) is 7.29. The van der Waals surface area contributed by atoms with E-state index < -0.39 is 12.6 Å². The van der Waals surface area contributed by atoms with Crippen molar-refractivity contribution in [2.75, 3.05) is 11.9 Å². The molecule has 0 radical (unpaired) electrons. The van der Waals surface area contributed by atoms with E-state index in [-0.39, 0.29) is 28.0 Å². The lowest BCUT2D eigenvalue weighted by atomic mass is 9.95. The third kappa shape index (κ3) is 2.92. The Morgan fingerprint density at radius 2 is 2.08 bits per heavy atom. The number of nitrogens with one attached hydrogen (secondary N) is 1. The number of hydrogen-bond acceptors (Lipinski definition) is 3. The predicted octanol–water partition coefficient (Wildman–Crippen LogP) is 3.65. The molecular weight excluding hydrogens is 354 g/mol. The number of carbonyl (C=O) groups is 2. The van der Waals surface area contributed by atoms with Gasteiger partial charge in [0.15, 0.2) is 6.61 Å². The maximum atomic E-state index is 12.7. The van der Waals surface area contributed by atoms with E-state index in [2.05, 4.69) is 17.4 Å². The molecule has 6 heteroatoms. The van der Waals surface area contributed by atoms with Gasteiger partial charge in [0.05, 0.1) is 5.02 Å². The molecule has 1 fully saturated rings. The first-order valence-corrected chi connectivity index (χ1v) is 8.91. The Bertz CT molecular complexity index is 897. The number of anilines is 1. The Balaban J connectivity index is 1.44. The summed E-state index contributed by atoms with van der Waals surface area (Å²) in [6, 6.07) is 13.2. The summed E-state index contributed by atoms with van der Waals surface area (Å²) in [7, 11) is 0. The van der Waals surface area contributed by atoms with E-state index in [9.17, 15) is 9.59 Å². The lowest BCUT2D eigenvalue weighted by molar-refractivity contribution is -0.139. The molecule has 2 atom stereocenters. The molecule has 2 aromatic rings. The van der Waals surface area contributed by atoms with E-state index in [4.69, 9.17) is 21.4 Å². The van der Waals surface area contributed by atoms with Crippen LogP contribution in [0.15, 0.2) is 42.5 Å². The average Bonchev–Trinajstić information content (AvgIpc) is 3.23. The van der Waals surface area contributed by atoms with Gasteiger partial charge >= 0.3 is 5.97 Å². The Morgan fingerprint density at radius 1 is 1.27 bits per heavy atom. The van der Waals surface area contributed by atoms with Gasteiger partial charge in [-0.15, -0.1) is 0 Å². The van der Waals surface area contributed by atoms with E-state index in [1.807, 2.05) is 12.1 Å². The molecule has 26 heavy (non-hydrogen) atoms. The number of fused-ring (bicyclic) bond motifs is 2. The Kier molecular flexibility index (Phi) is 4.11. The third-order valence-corrected chi connectivity index (χ3v) is 5.63. The standard InChI is InChI=1S/C20H18ClNO4/c21-16-9-13(5-6-17(16)26-11-18(23)24)22-19(25)15-10-20(15)8-7-12-3-1-2-4-14(12)20/h1-6,9,15H,7-8,10-11H2,(H,22,25)(H,23,24). The van der Waals surface area contributed by atoms with Crippen LogP contribution in [0.3, 0.4) is 0 Å². The van der Waals surface area contributed by atoms with Gasteiger partial charge in [0, 0.05) is 17.0 Å². The molecule has 4 rings (SSSR count). The van der Waals surface area contributed by atoms with Crippen molar-refractivity contribution in [2.45, 2.75) is 24.7 Å². The first kappa shape index (κ1) is 16.9. The summed E-state index contributed by atoms with van der Waals surface area (Å²) in [6.07, 6.45) is 2.93. The second kappa shape index (κ2) is 6.32. The van der Waals surface area contributed by atoms with Gasteiger partial charge in [0.2, 0.25) is 5.91 Å². The first-order chi connectivity index (χ1) is 12.5. The number of benzene rings is 2. The normalized spacial score (nSPS) is 22.7. The number of amides is 1. The van der Waals surface area contributed by atoms with Crippen LogP contribution in [0.25, 0.3) is 0 Å². The molecule has 5 nitrogen and oxygen atoms in total. The molecule has 1 saturated carbocycles. The molecule has 0 aromatic heterocycles. The van der Waals surface area contributed by atoms with Gasteiger partial charge in [-0.3, -0.25) is 4.79 Å². The van der Waals surface area contributed by atoms with Crippen LogP contribution < -0.4 is 10.1 Å². The third-order valence-electron chi connectivity index (χ3n) is 5.34. The summed E-state index contributed by atoms with van der Waals surface area (Å²) in [5.74, 6) is -0.821. The zero-order valence-electron chi connectivity index (χ0n) is 14.0. The number of carboxylic acid groups (broad SMARTS) is 1. The molecule has 2 aromatic carbocycles. The van der Waals surface area contributed by atoms with Crippen LogP contribution in [0.1, 0.15) is 24.0 Å². The number of ether oxygens (including phenoxy) is 1. The average molecular weight is 372 g/mol. The van der Waals surface area contributed by atoms with Gasteiger partial charge in [0.1, 0.15) is 5.75 Å². The van der Waals surface area contributed by atoms with Crippen LogP contribution >= 0.6 is 11.6 Å². The highest BCUT2D eigenvalue weighted by molar-refractivity contribution is 6.32. The molecular formula is C20H18ClNO4. The molecule has 0 aliphatic heterocycles. The van der Waals surface area contributed by atoms with E-state index in [0.717, 1.165) is 19.3 Å². The minimum atomic E-state index is -1.07. The highest BCUT2D eigenvalue weighted by Crippen LogP contribution is 2.61. The lowest BCUT2D eigenvalue weighted by Crippen LogP contribution is -2.19. The van der Waals surface area contributed by atoms with E-state index >= 15 is 0 Å². The number of carbonyl (C=O) groups excluding carboxylic acids is 1. The zero-order chi connectivity index (χ0) is 18.3. The molecule has 0 bridgehead atoms. The topological polar surface area (TPSA) is 75.6 Å². The van der Waals surface area contributed by atoms with E-state index in [1.165, 1.54) is 11.1 Å². The van der Waals surface area contributed by atoms with Crippen molar-refractivity contribution in [3.8, 4) is 5.75 Å². The van der Waals surface area contributed by atoms with Crippen molar-refractivity contribution in [1.82, 2.24) is 0 Å². The monoisotopic (exact) mass is 371 g/mol. The smallest absolute Gasteiger partial charge is 0.341 e. The Hall–Kier alpha value is -2.53. The maximum Gasteiger partial charge on any atom is 0.341 e. The van der Waals surface area contributed by atoms with Gasteiger partial charge < -0.3 is 15.2 Å². The summed E-state index contributed by atoms with van der Waals surface area (Å²) in [6.45, 7) is -0.463. The number of hydrogen-bond donors (Lipinski definition) is 2. The van der Waals surface area contributed by atoms with Crippen LogP contribution in [0.5, 0.6) is 5.75 Å². The number of aliphatic carboxylic acids is 1. The fourth-order valence-corrected chi connectivity index (χ4v) is 4.24. The van der Waals surface area contributed by atoms with Gasteiger partial charge in [-0.25, -0.2) is 4.79 Å². The van der Waals surface area contributed by atoms with Gasteiger partial charge in [-0.2, -0.15) is 0 Å². The van der Waals surface area contributed by atoms with Crippen LogP contribution in [0.2, 0.25) is 5.02 Å². The number of carboxylic acids is 1. The van der Waals surface area contributed by atoms with Crippen molar-refractivity contribution < 1.29 is 19.4 Å². The van der Waals surface area contributed by atoms with Crippen molar-refractivity contribution in [2.24, 2.45) is 5.92 Å². The molecule has 2 aliphatic carbocycles. The number of aryl methyl sites for hydroxylation is 1.